The molecular formula is C11H20N2O4. The number of carboxylic acid groups (broad SMARTS) is 1. The van der Waals surface area contributed by atoms with Crippen molar-refractivity contribution in [2.45, 2.75) is 45.6 Å². The molecule has 0 rings (SSSR count). The van der Waals surface area contributed by atoms with Gasteiger partial charge in [-0.2, -0.15) is 0 Å². The number of amides is 2. The molecule has 0 aliphatic rings. The molecule has 0 aromatic heterocycles. The Bertz CT molecular complexity index is 298. The predicted octanol–water partition coefficient (Wildman–Crippen LogP) is 0.272. The van der Waals surface area contributed by atoms with Crippen LogP contribution in [-0.2, 0) is 14.4 Å². The number of carbonyl (C=O) groups excluding carboxylic acids is 2. The Hall–Kier alpha value is -1.59. The molecule has 0 aromatic rings. The quantitative estimate of drug-likeness (QED) is 0.599. The summed E-state index contributed by atoms with van der Waals surface area (Å²) in [5.41, 5.74) is -1.20. The zero-order valence-corrected chi connectivity index (χ0v) is 10.5. The maximum absolute atomic E-state index is 11.5. The SMILES string of the molecule is CCC(CC)(NC(=O)CCNC(C)=O)C(=O)O. The Balaban J connectivity index is 4.32. The first-order valence-electron chi connectivity index (χ1n) is 5.66. The van der Waals surface area contributed by atoms with Crippen molar-refractivity contribution in [2.24, 2.45) is 0 Å². The largest absolute Gasteiger partial charge is 0.480 e. The number of rotatable bonds is 7. The van der Waals surface area contributed by atoms with Crippen LogP contribution in [0.1, 0.15) is 40.0 Å². The fourth-order valence-electron chi connectivity index (χ4n) is 1.46. The Labute approximate surface area is 101 Å². The average molecular weight is 244 g/mol. The third-order valence-electron chi connectivity index (χ3n) is 2.72. The average Bonchev–Trinajstić information content (AvgIpc) is 2.25. The van der Waals surface area contributed by atoms with Crippen LogP contribution < -0.4 is 10.6 Å². The second-order valence-electron chi connectivity index (χ2n) is 3.88. The molecule has 0 radical (unpaired) electrons. The highest BCUT2D eigenvalue weighted by molar-refractivity contribution is 5.87. The molecule has 6 heteroatoms. The number of aliphatic carboxylic acids is 1. The highest BCUT2D eigenvalue weighted by Gasteiger charge is 2.35. The maximum atomic E-state index is 11.5. The summed E-state index contributed by atoms with van der Waals surface area (Å²) in [5.74, 6) is -1.62. The lowest BCUT2D eigenvalue weighted by Gasteiger charge is -2.28. The van der Waals surface area contributed by atoms with Gasteiger partial charge in [-0.3, -0.25) is 9.59 Å². The minimum atomic E-state index is -1.20. The molecule has 0 atom stereocenters. The highest BCUT2D eigenvalue weighted by Crippen LogP contribution is 2.15. The van der Waals surface area contributed by atoms with Crippen LogP contribution in [0, 0.1) is 0 Å². The van der Waals surface area contributed by atoms with E-state index < -0.39 is 11.5 Å². The fraction of sp³-hybridized carbons (Fsp3) is 0.727. The van der Waals surface area contributed by atoms with Crippen molar-refractivity contribution in [1.29, 1.82) is 0 Å². The van der Waals surface area contributed by atoms with Gasteiger partial charge in [0, 0.05) is 19.9 Å². The third kappa shape index (κ3) is 4.84. The molecule has 0 aromatic carbocycles. The molecule has 0 saturated heterocycles. The van der Waals surface area contributed by atoms with Gasteiger partial charge in [-0.05, 0) is 12.8 Å². The van der Waals surface area contributed by atoms with E-state index in [2.05, 4.69) is 10.6 Å². The molecule has 2 amide bonds. The van der Waals surface area contributed by atoms with E-state index in [1.165, 1.54) is 6.92 Å². The minimum absolute atomic E-state index is 0.0780. The summed E-state index contributed by atoms with van der Waals surface area (Å²) in [7, 11) is 0. The number of hydrogen-bond acceptors (Lipinski definition) is 3. The number of nitrogens with one attached hydrogen (secondary N) is 2. The van der Waals surface area contributed by atoms with Crippen molar-refractivity contribution in [3.8, 4) is 0 Å². The first-order chi connectivity index (χ1) is 7.88. The van der Waals surface area contributed by atoms with Crippen molar-refractivity contribution < 1.29 is 19.5 Å². The van der Waals surface area contributed by atoms with Crippen LogP contribution in [0.4, 0.5) is 0 Å². The van der Waals surface area contributed by atoms with Gasteiger partial charge in [0.2, 0.25) is 11.8 Å². The van der Waals surface area contributed by atoms with Crippen molar-refractivity contribution in [2.75, 3.05) is 6.54 Å². The molecule has 0 aliphatic heterocycles. The van der Waals surface area contributed by atoms with Gasteiger partial charge in [-0.25, -0.2) is 4.79 Å². The van der Waals surface area contributed by atoms with Gasteiger partial charge in [0.05, 0.1) is 0 Å². The summed E-state index contributed by atoms with van der Waals surface area (Å²) in [6, 6.07) is 0. The summed E-state index contributed by atoms with van der Waals surface area (Å²) in [4.78, 5) is 33.2. The normalized spacial score (nSPS) is 10.8. The van der Waals surface area contributed by atoms with E-state index in [0.29, 0.717) is 12.8 Å². The monoisotopic (exact) mass is 244 g/mol. The van der Waals surface area contributed by atoms with Crippen LogP contribution in [0.3, 0.4) is 0 Å². The van der Waals surface area contributed by atoms with Crippen LogP contribution in [0.15, 0.2) is 0 Å². The van der Waals surface area contributed by atoms with Crippen LogP contribution in [0.25, 0.3) is 0 Å². The van der Waals surface area contributed by atoms with Gasteiger partial charge in [-0.15, -0.1) is 0 Å². The molecule has 0 fully saturated rings. The smallest absolute Gasteiger partial charge is 0.329 e. The molecule has 17 heavy (non-hydrogen) atoms. The van der Waals surface area contributed by atoms with Gasteiger partial charge in [0.15, 0.2) is 0 Å². The maximum Gasteiger partial charge on any atom is 0.329 e. The molecule has 0 bridgehead atoms. The Morgan fingerprint density at radius 2 is 1.71 bits per heavy atom. The number of carbonyl (C=O) groups is 3. The zero-order chi connectivity index (χ0) is 13.5. The van der Waals surface area contributed by atoms with Crippen LogP contribution in [-0.4, -0.2) is 35.0 Å². The summed E-state index contributed by atoms with van der Waals surface area (Å²) in [6.07, 6.45) is 0.726. The van der Waals surface area contributed by atoms with E-state index in [4.69, 9.17) is 5.11 Å². The Morgan fingerprint density at radius 1 is 1.18 bits per heavy atom. The van der Waals surface area contributed by atoms with Gasteiger partial charge in [0.1, 0.15) is 5.54 Å². The zero-order valence-electron chi connectivity index (χ0n) is 10.5. The first kappa shape index (κ1) is 15.4. The molecule has 98 valence electrons. The molecule has 0 spiro atoms. The highest BCUT2D eigenvalue weighted by atomic mass is 16.4. The van der Waals surface area contributed by atoms with E-state index in [0.717, 1.165) is 0 Å². The first-order valence-corrected chi connectivity index (χ1v) is 5.66. The summed E-state index contributed by atoms with van der Waals surface area (Å²) >= 11 is 0. The van der Waals surface area contributed by atoms with E-state index in [9.17, 15) is 14.4 Å². The van der Waals surface area contributed by atoms with Crippen molar-refractivity contribution >= 4 is 17.8 Å². The van der Waals surface area contributed by atoms with E-state index in [1.54, 1.807) is 13.8 Å². The minimum Gasteiger partial charge on any atom is -0.480 e. The van der Waals surface area contributed by atoms with Crippen LogP contribution >= 0.6 is 0 Å². The molecule has 0 unspecified atom stereocenters. The van der Waals surface area contributed by atoms with Crippen LogP contribution in [0.2, 0.25) is 0 Å². The van der Waals surface area contributed by atoms with E-state index in [-0.39, 0.29) is 24.8 Å². The lowest BCUT2D eigenvalue weighted by Crippen LogP contribution is -2.54. The standard InChI is InChI=1S/C11H20N2O4/c1-4-11(5-2,10(16)17)13-9(15)6-7-12-8(3)14/h4-7H2,1-3H3,(H,12,14)(H,13,15)(H,16,17). The van der Waals surface area contributed by atoms with E-state index >= 15 is 0 Å². The lowest BCUT2D eigenvalue weighted by atomic mass is 9.93. The molecular weight excluding hydrogens is 224 g/mol. The second kappa shape index (κ2) is 6.88. The van der Waals surface area contributed by atoms with Gasteiger partial charge < -0.3 is 15.7 Å². The molecule has 0 aliphatic carbocycles. The lowest BCUT2D eigenvalue weighted by molar-refractivity contribution is -0.148. The summed E-state index contributed by atoms with van der Waals surface area (Å²) < 4.78 is 0. The van der Waals surface area contributed by atoms with Crippen molar-refractivity contribution in [3.63, 3.8) is 0 Å². The summed E-state index contributed by atoms with van der Waals surface area (Å²) in [5, 5.41) is 14.1. The molecule has 6 nitrogen and oxygen atoms in total. The topological polar surface area (TPSA) is 95.5 Å². The summed E-state index contributed by atoms with van der Waals surface area (Å²) in [6.45, 7) is 5.00. The Kier molecular flexibility index (Phi) is 6.23. The second-order valence-corrected chi connectivity index (χ2v) is 3.88. The van der Waals surface area contributed by atoms with Crippen LogP contribution in [0.5, 0.6) is 0 Å². The van der Waals surface area contributed by atoms with Gasteiger partial charge in [-0.1, -0.05) is 13.8 Å². The third-order valence-corrected chi connectivity index (χ3v) is 2.72. The molecule has 0 saturated carbocycles. The fourth-order valence-corrected chi connectivity index (χ4v) is 1.46. The molecule has 0 heterocycles. The number of carboxylic acids is 1. The van der Waals surface area contributed by atoms with E-state index in [1.807, 2.05) is 0 Å². The number of hydrogen-bond donors (Lipinski definition) is 3. The van der Waals surface area contributed by atoms with Gasteiger partial charge >= 0.3 is 5.97 Å². The Morgan fingerprint density at radius 3 is 2.06 bits per heavy atom. The van der Waals surface area contributed by atoms with Crippen molar-refractivity contribution in [1.82, 2.24) is 10.6 Å². The van der Waals surface area contributed by atoms with Crippen molar-refractivity contribution in [3.05, 3.63) is 0 Å². The predicted molar refractivity (Wildman–Crippen MR) is 62.4 cm³/mol. The van der Waals surface area contributed by atoms with Gasteiger partial charge in [0.25, 0.3) is 0 Å². The molecule has 3 N–H and O–H groups in total.